The number of thioether (sulfide) groups is 1. The molecular weight excluding hydrogens is 390 g/mol. The molecule has 1 aromatic heterocycles. The number of rotatable bonds is 4. The van der Waals surface area contributed by atoms with Crippen LogP contribution in [0, 0.1) is 0 Å². The monoisotopic (exact) mass is 407 g/mol. The molecule has 2 aromatic rings. The molecule has 0 radical (unpaired) electrons. The fraction of sp³-hybridized carbons (Fsp3) is 0.500. The Morgan fingerprint density at radius 2 is 2.17 bits per heavy atom. The van der Waals surface area contributed by atoms with Crippen molar-refractivity contribution in [2.75, 3.05) is 17.2 Å². The third-order valence-electron chi connectivity index (χ3n) is 4.70. The number of fused-ring (bicyclic) bond motifs is 1. The number of hydrogen-bond donors (Lipinski definition) is 0. The minimum Gasteiger partial charge on any atom is -0.311 e. The van der Waals surface area contributed by atoms with Gasteiger partial charge in [-0.05, 0) is 53.5 Å². The minimum atomic E-state index is 0.113. The summed E-state index contributed by atoms with van der Waals surface area (Å²) in [7, 11) is 0. The van der Waals surface area contributed by atoms with Gasteiger partial charge >= 0.3 is 0 Å². The van der Waals surface area contributed by atoms with Crippen molar-refractivity contribution in [2.45, 2.75) is 43.3 Å². The van der Waals surface area contributed by atoms with E-state index in [2.05, 4.69) is 37.5 Å². The highest BCUT2D eigenvalue weighted by Crippen LogP contribution is 2.33. The summed E-state index contributed by atoms with van der Waals surface area (Å²) in [4.78, 5) is 14.5. The zero-order valence-corrected chi connectivity index (χ0v) is 15.6. The standard InChI is InChI=1S/C16H18BrN5OS/c17-12-5-6-14-11(9-12)7-8-21(14)15(23)10-24-16-18-19-20-22(16)13-3-1-2-4-13/h5-6,9,13H,1-4,7-8,10H2. The van der Waals surface area contributed by atoms with Crippen molar-refractivity contribution in [2.24, 2.45) is 0 Å². The summed E-state index contributed by atoms with van der Waals surface area (Å²) in [5.41, 5.74) is 2.25. The van der Waals surface area contributed by atoms with Crippen LogP contribution in [-0.2, 0) is 11.2 Å². The van der Waals surface area contributed by atoms with Gasteiger partial charge in [-0.2, -0.15) is 0 Å². The molecule has 6 nitrogen and oxygen atoms in total. The Kier molecular flexibility index (Phi) is 4.58. The molecule has 126 valence electrons. The van der Waals surface area contributed by atoms with Crippen LogP contribution >= 0.6 is 27.7 Å². The average Bonchev–Trinajstić information content (AvgIpc) is 3.31. The smallest absolute Gasteiger partial charge is 0.237 e. The van der Waals surface area contributed by atoms with Gasteiger partial charge in [0.2, 0.25) is 11.1 Å². The van der Waals surface area contributed by atoms with Crippen LogP contribution < -0.4 is 4.90 Å². The predicted molar refractivity (Wildman–Crippen MR) is 96.2 cm³/mol. The van der Waals surface area contributed by atoms with E-state index in [9.17, 15) is 4.79 Å². The molecule has 0 bridgehead atoms. The lowest BCUT2D eigenvalue weighted by Gasteiger charge is -2.17. The van der Waals surface area contributed by atoms with Gasteiger partial charge in [-0.25, -0.2) is 4.68 Å². The highest BCUT2D eigenvalue weighted by Gasteiger charge is 2.26. The number of hydrogen-bond acceptors (Lipinski definition) is 5. The van der Waals surface area contributed by atoms with Crippen LogP contribution in [0.3, 0.4) is 0 Å². The molecule has 1 aromatic carbocycles. The van der Waals surface area contributed by atoms with E-state index in [1.807, 2.05) is 21.7 Å². The first-order valence-corrected chi connectivity index (χ1v) is 9.99. The lowest BCUT2D eigenvalue weighted by molar-refractivity contribution is -0.116. The fourth-order valence-electron chi connectivity index (χ4n) is 3.49. The number of halogens is 1. The number of carbonyl (C=O) groups excluding carboxylic acids is 1. The van der Waals surface area contributed by atoms with Gasteiger partial charge in [-0.1, -0.05) is 40.5 Å². The van der Waals surface area contributed by atoms with Gasteiger partial charge in [-0.3, -0.25) is 4.79 Å². The van der Waals surface area contributed by atoms with Gasteiger partial charge < -0.3 is 4.90 Å². The molecular formula is C16H18BrN5OS. The van der Waals surface area contributed by atoms with Crippen LogP contribution in [0.1, 0.15) is 37.3 Å². The lowest BCUT2D eigenvalue weighted by atomic mass is 10.2. The first kappa shape index (κ1) is 16.1. The average molecular weight is 408 g/mol. The second-order valence-corrected chi connectivity index (χ2v) is 8.06. The fourth-order valence-corrected chi connectivity index (χ4v) is 4.72. The number of amides is 1. The first-order chi connectivity index (χ1) is 11.7. The highest BCUT2D eigenvalue weighted by atomic mass is 79.9. The summed E-state index contributed by atoms with van der Waals surface area (Å²) in [6.45, 7) is 0.749. The third kappa shape index (κ3) is 3.09. The Balaban J connectivity index is 1.42. The van der Waals surface area contributed by atoms with Crippen molar-refractivity contribution in [3.05, 3.63) is 28.2 Å². The van der Waals surface area contributed by atoms with Crippen molar-refractivity contribution in [1.82, 2.24) is 20.2 Å². The van der Waals surface area contributed by atoms with Crippen molar-refractivity contribution in [3.63, 3.8) is 0 Å². The van der Waals surface area contributed by atoms with Gasteiger partial charge in [0.1, 0.15) is 0 Å². The van der Waals surface area contributed by atoms with Crippen LogP contribution in [0.4, 0.5) is 5.69 Å². The van der Waals surface area contributed by atoms with E-state index in [0.717, 1.165) is 41.1 Å². The molecule has 8 heteroatoms. The Bertz CT molecular complexity index is 759. The molecule has 1 aliphatic carbocycles. The molecule has 2 aliphatic rings. The molecule has 0 atom stereocenters. The van der Waals surface area contributed by atoms with Crippen molar-refractivity contribution in [1.29, 1.82) is 0 Å². The van der Waals surface area contributed by atoms with Crippen molar-refractivity contribution >= 4 is 39.3 Å². The van der Waals surface area contributed by atoms with Gasteiger partial charge in [0.15, 0.2) is 0 Å². The molecule has 0 unspecified atom stereocenters. The van der Waals surface area contributed by atoms with E-state index in [1.165, 1.54) is 30.2 Å². The first-order valence-electron chi connectivity index (χ1n) is 8.22. The summed E-state index contributed by atoms with van der Waals surface area (Å²) in [5, 5.41) is 12.8. The van der Waals surface area contributed by atoms with Gasteiger partial charge in [0.25, 0.3) is 0 Å². The molecule has 1 aliphatic heterocycles. The van der Waals surface area contributed by atoms with E-state index in [0.29, 0.717) is 11.8 Å². The number of aromatic nitrogens is 4. The maximum Gasteiger partial charge on any atom is 0.237 e. The van der Waals surface area contributed by atoms with Gasteiger partial charge in [0.05, 0.1) is 11.8 Å². The SMILES string of the molecule is O=C(CSc1nnnn1C1CCCC1)N1CCc2cc(Br)ccc21. The molecule has 0 spiro atoms. The Hall–Kier alpha value is -1.41. The molecule has 24 heavy (non-hydrogen) atoms. The number of benzene rings is 1. The molecule has 0 saturated heterocycles. The number of tetrazole rings is 1. The van der Waals surface area contributed by atoms with E-state index >= 15 is 0 Å². The Labute approximate surface area is 153 Å². The molecule has 1 fully saturated rings. The third-order valence-corrected chi connectivity index (χ3v) is 6.11. The molecule has 1 amide bonds. The van der Waals surface area contributed by atoms with E-state index in [1.54, 1.807) is 0 Å². The summed E-state index contributed by atoms with van der Waals surface area (Å²) in [6.07, 6.45) is 5.62. The topological polar surface area (TPSA) is 63.9 Å². The molecule has 1 saturated carbocycles. The Morgan fingerprint density at radius 3 is 3.00 bits per heavy atom. The number of carbonyl (C=O) groups is 1. The van der Waals surface area contributed by atoms with E-state index < -0.39 is 0 Å². The molecule has 0 N–H and O–H groups in total. The van der Waals surface area contributed by atoms with Crippen LogP contribution in [0.2, 0.25) is 0 Å². The summed E-state index contributed by atoms with van der Waals surface area (Å²) >= 11 is 4.93. The quantitative estimate of drug-likeness (QED) is 0.727. The summed E-state index contributed by atoms with van der Waals surface area (Å²) in [5.74, 6) is 0.477. The molecule has 4 rings (SSSR count). The van der Waals surface area contributed by atoms with E-state index in [4.69, 9.17) is 0 Å². The second kappa shape index (κ2) is 6.84. The lowest BCUT2D eigenvalue weighted by Crippen LogP contribution is -2.30. The Morgan fingerprint density at radius 1 is 1.33 bits per heavy atom. The summed E-state index contributed by atoms with van der Waals surface area (Å²) in [6, 6.07) is 6.48. The maximum atomic E-state index is 12.6. The van der Waals surface area contributed by atoms with Gasteiger partial charge in [-0.15, -0.1) is 5.10 Å². The van der Waals surface area contributed by atoms with Crippen LogP contribution in [-0.4, -0.2) is 38.4 Å². The van der Waals surface area contributed by atoms with Crippen molar-refractivity contribution < 1.29 is 4.79 Å². The largest absolute Gasteiger partial charge is 0.311 e. The normalized spacial score (nSPS) is 17.5. The van der Waals surface area contributed by atoms with Crippen LogP contribution in [0.15, 0.2) is 27.8 Å². The highest BCUT2D eigenvalue weighted by molar-refractivity contribution is 9.10. The van der Waals surface area contributed by atoms with Crippen molar-refractivity contribution in [3.8, 4) is 0 Å². The zero-order valence-electron chi connectivity index (χ0n) is 13.2. The van der Waals surface area contributed by atoms with Crippen LogP contribution in [0.5, 0.6) is 0 Å². The second-order valence-electron chi connectivity index (χ2n) is 6.20. The number of nitrogens with zero attached hydrogens (tertiary/aromatic N) is 5. The van der Waals surface area contributed by atoms with Gasteiger partial charge in [0, 0.05) is 16.7 Å². The van der Waals surface area contributed by atoms with Crippen LogP contribution in [0.25, 0.3) is 0 Å². The number of anilines is 1. The summed E-state index contributed by atoms with van der Waals surface area (Å²) < 4.78 is 2.96. The zero-order chi connectivity index (χ0) is 16.5. The predicted octanol–water partition coefficient (Wildman–Crippen LogP) is 3.23. The molecule has 2 heterocycles. The maximum absolute atomic E-state index is 12.6. The minimum absolute atomic E-state index is 0.113. The van der Waals surface area contributed by atoms with E-state index in [-0.39, 0.29) is 5.91 Å².